The third-order valence-corrected chi connectivity index (χ3v) is 2.06. The van der Waals surface area contributed by atoms with Gasteiger partial charge in [0.05, 0.1) is 19.2 Å². The molecule has 0 bridgehead atoms. The summed E-state index contributed by atoms with van der Waals surface area (Å²) in [6.07, 6.45) is -0.154. The van der Waals surface area contributed by atoms with Crippen LogP contribution in [0.1, 0.15) is 13.3 Å². The fourth-order valence-electron chi connectivity index (χ4n) is 1.36. The number of nitriles is 1. The van der Waals surface area contributed by atoms with Gasteiger partial charge in [0.15, 0.2) is 6.10 Å². The molecule has 1 aliphatic heterocycles. The maximum Gasteiger partial charge on any atom is 0.224 e. The summed E-state index contributed by atoms with van der Waals surface area (Å²) in [5.74, 6) is 0.00329. The molecule has 1 heterocycles. The quantitative estimate of drug-likeness (QED) is 0.645. The first-order valence-corrected chi connectivity index (χ1v) is 4.68. The Balaban J connectivity index is 2.44. The third kappa shape index (κ3) is 2.98. The molecule has 2 N–H and O–H groups in total. The Bertz CT molecular complexity index is 247. The van der Waals surface area contributed by atoms with E-state index >= 15 is 0 Å². The Morgan fingerprint density at radius 3 is 3.14 bits per heavy atom. The van der Waals surface area contributed by atoms with Crippen molar-refractivity contribution in [2.75, 3.05) is 19.7 Å². The first kappa shape index (κ1) is 11.0. The Hall–Kier alpha value is -1.12. The summed E-state index contributed by atoms with van der Waals surface area (Å²) < 4.78 is 5.13. The van der Waals surface area contributed by atoms with Gasteiger partial charge in [-0.1, -0.05) is 0 Å². The number of ether oxygens (including phenoxy) is 1. The lowest BCUT2D eigenvalue weighted by Crippen LogP contribution is -2.46. The largest absolute Gasteiger partial charge is 0.360 e. The normalized spacial score (nSPS) is 24.1. The van der Waals surface area contributed by atoms with Gasteiger partial charge in [0.25, 0.3) is 0 Å². The Morgan fingerprint density at radius 1 is 1.86 bits per heavy atom. The molecule has 1 fully saturated rings. The molecule has 0 saturated carbocycles. The number of nitrogens with zero attached hydrogens (tertiary/aromatic N) is 2. The second kappa shape index (κ2) is 4.94. The van der Waals surface area contributed by atoms with Gasteiger partial charge < -0.3 is 15.4 Å². The van der Waals surface area contributed by atoms with E-state index in [9.17, 15) is 4.79 Å². The zero-order valence-electron chi connectivity index (χ0n) is 8.27. The van der Waals surface area contributed by atoms with Gasteiger partial charge >= 0.3 is 0 Å². The van der Waals surface area contributed by atoms with Crippen molar-refractivity contribution in [3.63, 3.8) is 0 Å². The number of amides is 1. The lowest BCUT2D eigenvalue weighted by atomic mass is 10.2. The molecule has 1 saturated heterocycles. The van der Waals surface area contributed by atoms with Gasteiger partial charge in [-0.3, -0.25) is 4.79 Å². The lowest BCUT2D eigenvalue weighted by Gasteiger charge is -2.30. The average molecular weight is 197 g/mol. The minimum Gasteiger partial charge on any atom is -0.360 e. The molecule has 2 atom stereocenters. The number of rotatable bonds is 2. The fourth-order valence-corrected chi connectivity index (χ4v) is 1.36. The second-order valence-electron chi connectivity index (χ2n) is 3.51. The molecule has 5 heteroatoms. The summed E-state index contributed by atoms with van der Waals surface area (Å²) in [6.45, 7) is 3.15. The van der Waals surface area contributed by atoms with Crippen LogP contribution in [0.15, 0.2) is 0 Å². The molecule has 78 valence electrons. The molecule has 5 nitrogen and oxygen atoms in total. The Morgan fingerprint density at radius 2 is 2.57 bits per heavy atom. The average Bonchev–Trinajstić information content (AvgIpc) is 2.17. The van der Waals surface area contributed by atoms with Crippen LogP contribution in [0.5, 0.6) is 0 Å². The molecule has 0 spiro atoms. The van der Waals surface area contributed by atoms with Crippen LogP contribution < -0.4 is 5.73 Å². The van der Waals surface area contributed by atoms with Crippen LogP contribution in [0, 0.1) is 11.3 Å². The highest BCUT2D eigenvalue weighted by Crippen LogP contribution is 2.06. The summed E-state index contributed by atoms with van der Waals surface area (Å²) >= 11 is 0. The van der Waals surface area contributed by atoms with Crippen molar-refractivity contribution in [2.24, 2.45) is 5.73 Å². The predicted molar refractivity (Wildman–Crippen MR) is 50.2 cm³/mol. The van der Waals surface area contributed by atoms with Gasteiger partial charge in [-0.05, 0) is 6.92 Å². The minimum absolute atomic E-state index is 0.00329. The maximum atomic E-state index is 11.6. The fraction of sp³-hybridized carbons (Fsp3) is 0.778. The molecule has 2 unspecified atom stereocenters. The number of hydrogen-bond acceptors (Lipinski definition) is 4. The van der Waals surface area contributed by atoms with Crippen molar-refractivity contribution in [1.29, 1.82) is 5.26 Å². The van der Waals surface area contributed by atoms with Crippen LogP contribution in [-0.4, -0.2) is 42.6 Å². The molecule has 0 radical (unpaired) electrons. The number of carbonyl (C=O) groups is 1. The molecular formula is C9H15N3O2. The standard InChI is InChI=1S/C9H15N3O2/c1-7(11)4-9(13)12-2-3-14-8(5-10)6-12/h7-8H,2-4,6,11H2,1H3. The predicted octanol–water partition coefficient (Wildman–Crippen LogP) is -0.525. The van der Waals surface area contributed by atoms with Gasteiger partial charge in [-0.2, -0.15) is 5.26 Å². The molecule has 0 aromatic rings. The van der Waals surface area contributed by atoms with Crippen molar-refractivity contribution < 1.29 is 9.53 Å². The molecule has 0 aliphatic carbocycles. The smallest absolute Gasteiger partial charge is 0.224 e. The summed E-state index contributed by atoms with van der Waals surface area (Å²) in [7, 11) is 0. The van der Waals surface area contributed by atoms with Crippen LogP contribution in [0.2, 0.25) is 0 Å². The van der Waals surface area contributed by atoms with Gasteiger partial charge in [0.2, 0.25) is 5.91 Å². The molecule has 1 aliphatic rings. The van der Waals surface area contributed by atoms with Crippen molar-refractivity contribution >= 4 is 5.91 Å². The zero-order chi connectivity index (χ0) is 10.6. The maximum absolute atomic E-state index is 11.6. The van der Waals surface area contributed by atoms with Gasteiger partial charge in [0.1, 0.15) is 0 Å². The highest BCUT2D eigenvalue weighted by molar-refractivity contribution is 5.76. The van der Waals surface area contributed by atoms with E-state index < -0.39 is 6.10 Å². The van der Waals surface area contributed by atoms with E-state index in [1.165, 1.54) is 0 Å². The van der Waals surface area contributed by atoms with Crippen molar-refractivity contribution in [3.05, 3.63) is 0 Å². The van der Waals surface area contributed by atoms with Crippen molar-refractivity contribution in [3.8, 4) is 6.07 Å². The van der Waals surface area contributed by atoms with Gasteiger partial charge in [0, 0.05) is 19.0 Å². The lowest BCUT2D eigenvalue weighted by molar-refractivity contribution is -0.137. The summed E-state index contributed by atoms with van der Waals surface area (Å²) in [5.41, 5.74) is 5.52. The Kier molecular flexibility index (Phi) is 3.86. The molecule has 14 heavy (non-hydrogen) atoms. The van der Waals surface area contributed by atoms with E-state index in [0.29, 0.717) is 26.1 Å². The van der Waals surface area contributed by atoms with Crippen LogP contribution in [0.4, 0.5) is 0 Å². The highest BCUT2D eigenvalue weighted by atomic mass is 16.5. The number of carbonyl (C=O) groups excluding carboxylic acids is 1. The molecule has 1 rings (SSSR count). The summed E-state index contributed by atoms with van der Waals surface area (Å²) in [6, 6.07) is 1.86. The van der Waals surface area contributed by atoms with E-state index in [0.717, 1.165) is 0 Å². The van der Waals surface area contributed by atoms with E-state index in [-0.39, 0.29) is 11.9 Å². The van der Waals surface area contributed by atoms with Crippen molar-refractivity contribution in [1.82, 2.24) is 4.90 Å². The number of nitrogens with two attached hydrogens (primary N) is 1. The first-order valence-electron chi connectivity index (χ1n) is 4.68. The first-order chi connectivity index (χ1) is 6.63. The molecular weight excluding hydrogens is 182 g/mol. The highest BCUT2D eigenvalue weighted by Gasteiger charge is 2.23. The third-order valence-electron chi connectivity index (χ3n) is 2.06. The summed E-state index contributed by atoms with van der Waals surface area (Å²) in [5, 5.41) is 8.63. The topological polar surface area (TPSA) is 79.3 Å². The van der Waals surface area contributed by atoms with E-state index in [4.69, 9.17) is 15.7 Å². The molecule has 0 aromatic carbocycles. The monoisotopic (exact) mass is 197 g/mol. The van der Waals surface area contributed by atoms with Crippen LogP contribution in [0.3, 0.4) is 0 Å². The molecule has 1 amide bonds. The van der Waals surface area contributed by atoms with E-state index in [1.807, 2.05) is 6.07 Å². The van der Waals surface area contributed by atoms with Crippen LogP contribution in [-0.2, 0) is 9.53 Å². The van der Waals surface area contributed by atoms with Crippen molar-refractivity contribution in [2.45, 2.75) is 25.5 Å². The number of hydrogen-bond donors (Lipinski definition) is 1. The van der Waals surface area contributed by atoms with Gasteiger partial charge in [-0.15, -0.1) is 0 Å². The summed E-state index contributed by atoms with van der Waals surface area (Å²) in [4.78, 5) is 13.2. The van der Waals surface area contributed by atoms with E-state index in [2.05, 4.69) is 0 Å². The SMILES string of the molecule is CC(N)CC(=O)N1CCOC(C#N)C1. The van der Waals surface area contributed by atoms with Crippen LogP contribution >= 0.6 is 0 Å². The van der Waals surface area contributed by atoms with Crippen LogP contribution in [0.25, 0.3) is 0 Å². The van der Waals surface area contributed by atoms with Gasteiger partial charge in [-0.25, -0.2) is 0 Å². The second-order valence-corrected chi connectivity index (χ2v) is 3.51. The zero-order valence-corrected chi connectivity index (χ0v) is 8.27. The number of morpholine rings is 1. The Labute approximate surface area is 83.4 Å². The minimum atomic E-state index is -0.485. The van der Waals surface area contributed by atoms with E-state index in [1.54, 1.807) is 11.8 Å². The molecule has 0 aromatic heterocycles.